The number of hydrogen-bond acceptors (Lipinski definition) is 6. The molecule has 0 aromatic carbocycles. The molecule has 0 fully saturated rings. The van der Waals surface area contributed by atoms with Crippen LogP contribution in [0.3, 0.4) is 0 Å². The van der Waals surface area contributed by atoms with Crippen molar-refractivity contribution in [3.63, 3.8) is 0 Å². The van der Waals surface area contributed by atoms with Crippen molar-refractivity contribution < 1.29 is 28.6 Å². The van der Waals surface area contributed by atoms with Gasteiger partial charge in [0.15, 0.2) is 6.10 Å². The summed E-state index contributed by atoms with van der Waals surface area (Å²) in [5, 5.41) is 0. The molecule has 0 N–H and O–H groups in total. The van der Waals surface area contributed by atoms with Crippen molar-refractivity contribution >= 4 is 17.9 Å². The summed E-state index contributed by atoms with van der Waals surface area (Å²) in [5.41, 5.74) is 0. The number of unbranched alkanes of at least 4 members (excludes halogenated alkanes) is 18. The summed E-state index contributed by atoms with van der Waals surface area (Å²) in [5.74, 6) is 0.744. The van der Waals surface area contributed by atoms with E-state index >= 15 is 0 Å². The lowest BCUT2D eigenvalue weighted by Gasteiger charge is -2.18. The van der Waals surface area contributed by atoms with Gasteiger partial charge in [0.2, 0.25) is 0 Å². The fraction of sp³-hybridized carbons (Fsp3) is 0.925. The van der Waals surface area contributed by atoms with E-state index in [4.69, 9.17) is 14.2 Å². The number of ether oxygens (including phenoxy) is 3. The Bertz CT molecular complexity index is 706. The monoisotopic (exact) mass is 653 g/mol. The summed E-state index contributed by atoms with van der Waals surface area (Å²) in [6.45, 7) is 11.2. The van der Waals surface area contributed by atoms with Crippen LogP contribution in [0.4, 0.5) is 0 Å². The van der Waals surface area contributed by atoms with E-state index < -0.39 is 6.10 Å². The molecule has 0 bridgehead atoms. The van der Waals surface area contributed by atoms with Gasteiger partial charge in [-0.05, 0) is 31.1 Å². The molecule has 6 nitrogen and oxygen atoms in total. The third kappa shape index (κ3) is 32.4. The molecule has 0 aromatic rings. The van der Waals surface area contributed by atoms with E-state index in [9.17, 15) is 14.4 Å². The van der Waals surface area contributed by atoms with Crippen molar-refractivity contribution in [2.24, 2.45) is 11.8 Å². The van der Waals surface area contributed by atoms with Crippen LogP contribution in [-0.4, -0.2) is 37.2 Å². The molecule has 0 aromatic heterocycles. The topological polar surface area (TPSA) is 78.9 Å². The maximum atomic E-state index is 12.5. The predicted molar refractivity (Wildman–Crippen MR) is 192 cm³/mol. The molecular weight excluding hydrogens is 576 g/mol. The van der Waals surface area contributed by atoms with Gasteiger partial charge in [-0.15, -0.1) is 0 Å². The van der Waals surface area contributed by atoms with Gasteiger partial charge in [0.05, 0.1) is 0 Å². The summed E-state index contributed by atoms with van der Waals surface area (Å²) in [4.78, 5) is 37.2. The summed E-state index contributed by atoms with van der Waals surface area (Å²) < 4.78 is 16.5. The van der Waals surface area contributed by atoms with Crippen LogP contribution < -0.4 is 0 Å². The van der Waals surface area contributed by atoms with Crippen LogP contribution in [0.25, 0.3) is 0 Å². The van der Waals surface area contributed by atoms with Crippen LogP contribution >= 0.6 is 0 Å². The van der Waals surface area contributed by atoms with Gasteiger partial charge >= 0.3 is 17.9 Å². The van der Waals surface area contributed by atoms with Gasteiger partial charge < -0.3 is 14.2 Å². The Labute approximate surface area is 285 Å². The molecule has 0 rings (SSSR count). The van der Waals surface area contributed by atoms with Gasteiger partial charge in [-0.25, -0.2) is 0 Å². The van der Waals surface area contributed by atoms with E-state index in [1.54, 1.807) is 0 Å². The lowest BCUT2D eigenvalue weighted by atomic mass is 9.99. The first-order valence-electron chi connectivity index (χ1n) is 19.8. The Kier molecular flexibility index (Phi) is 32.2. The smallest absolute Gasteiger partial charge is 0.306 e. The highest BCUT2D eigenvalue weighted by atomic mass is 16.6. The molecule has 0 saturated heterocycles. The first-order chi connectivity index (χ1) is 22.3. The second-order valence-electron chi connectivity index (χ2n) is 14.3. The zero-order valence-corrected chi connectivity index (χ0v) is 31.2. The first-order valence-corrected chi connectivity index (χ1v) is 19.8. The minimum Gasteiger partial charge on any atom is -0.462 e. The third-order valence-electron chi connectivity index (χ3n) is 9.08. The Hall–Kier alpha value is -1.59. The van der Waals surface area contributed by atoms with E-state index in [0.717, 1.165) is 76.0 Å². The standard InChI is InChI=1S/C40H76O6/c1-6-8-9-18-25-30-38(41)44-33-37(46-40(43)32-27-22-17-16-19-23-28-35(3)4)34-45-39(42)31-26-21-15-13-11-10-12-14-20-24-29-36(5)7-2/h35-37H,6-34H2,1-5H3/t36?,37-/m1/s1. The van der Waals surface area contributed by atoms with Crippen LogP contribution in [0.5, 0.6) is 0 Å². The normalized spacial score (nSPS) is 12.7. The number of rotatable bonds is 34. The summed E-state index contributed by atoms with van der Waals surface area (Å²) in [6, 6.07) is 0. The fourth-order valence-corrected chi connectivity index (χ4v) is 5.66. The maximum Gasteiger partial charge on any atom is 0.306 e. The zero-order chi connectivity index (χ0) is 34.1. The van der Waals surface area contributed by atoms with Gasteiger partial charge in [0.25, 0.3) is 0 Å². The van der Waals surface area contributed by atoms with Crippen molar-refractivity contribution in [1.82, 2.24) is 0 Å². The van der Waals surface area contributed by atoms with Crippen molar-refractivity contribution in [2.75, 3.05) is 13.2 Å². The highest BCUT2D eigenvalue weighted by molar-refractivity contribution is 5.71. The van der Waals surface area contributed by atoms with Crippen LogP contribution in [0.15, 0.2) is 0 Å². The second-order valence-corrected chi connectivity index (χ2v) is 14.3. The fourth-order valence-electron chi connectivity index (χ4n) is 5.66. The Balaban J connectivity index is 4.24. The predicted octanol–water partition coefficient (Wildman–Crippen LogP) is 11.8. The first kappa shape index (κ1) is 44.4. The van der Waals surface area contributed by atoms with Crippen LogP contribution in [0, 0.1) is 11.8 Å². The van der Waals surface area contributed by atoms with E-state index in [1.807, 2.05) is 0 Å². The largest absolute Gasteiger partial charge is 0.462 e. The molecular formula is C40H76O6. The summed E-state index contributed by atoms with van der Waals surface area (Å²) >= 11 is 0. The van der Waals surface area contributed by atoms with Crippen molar-refractivity contribution in [3.05, 3.63) is 0 Å². The van der Waals surface area contributed by atoms with Crippen LogP contribution in [0.2, 0.25) is 0 Å². The molecule has 2 atom stereocenters. The van der Waals surface area contributed by atoms with Gasteiger partial charge in [-0.2, -0.15) is 0 Å². The lowest BCUT2D eigenvalue weighted by Crippen LogP contribution is -2.30. The maximum absolute atomic E-state index is 12.5. The molecule has 0 aliphatic rings. The molecule has 0 spiro atoms. The number of carbonyl (C=O) groups is 3. The molecule has 0 heterocycles. The highest BCUT2D eigenvalue weighted by Gasteiger charge is 2.19. The average Bonchev–Trinajstić information content (AvgIpc) is 3.03. The molecule has 1 unspecified atom stereocenters. The lowest BCUT2D eigenvalue weighted by molar-refractivity contribution is -0.167. The van der Waals surface area contributed by atoms with Crippen LogP contribution in [0.1, 0.15) is 208 Å². The number of carbonyl (C=O) groups excluding carboxylic acids is 3. The van der Waals surface area contributed by atoms with Crippen molar-refractivity contribution in [3.8, 4) is 0 Å². The third-order valence-corrected chi connectivity index (χ3v) is 9.08. The van der Waals surface area contributed by atoms with Crippen molar-refractivity contribution in [1.29, 1.82) is 0 Å². The highest BCUT2D eigenvalue weighted by Crippen LogP contribution is 2.16. The quantitative estimate of drug-likeness (QED) is 0.0391. The van der Waals surface area contributed by atoms with Gasteiger partial charge in [-0.3, -0.25) is 14.4 Å². The molecule has 46 heavy (non-hydrogen) atoms. The zero-order valence-electron chi connectivity index (χ0n) is 31.2. The van der Waals surface area contributed by atoms with Crippen molar-refractivity contribution in [2.45, 2.75) is 214 Å². The van der Waals surface area contributed by atoms with E-state index in [1.165, 1.54) is 89.9 Å². The summed E-state index contributed by atoms with van der Waals surface area (Å²) in [6.07, 6.45) is 28.4. The summed E-state index contributed by atoms with van der Waals surface area (Å²) in [7, 11) is 0. The van der Waals surface area contributed by atoms with E-state index in [0.29, 0.717) is 19.3 Å². The molecule has 0 aliphatic heterocycles. The molecule has 0 aliphatic carbocycles. The molecule has 0 saturated carbocycles. The minimum atomic E-state index is -0.758. The molecule has 6 heteroatoms. The number of hydrogen-bond donors (Lipinski definition) is 0. The van der Waals surface area contributed by atoms with Gasteiger partial charge in [0, 0.05) is 19.3 Å². The van der Waals surface area contributed by atoms with Gasteiger partial charge in [0.1, 0.15) is 13.2 Å². The van der Waals surface area contributed by atoms with E-state index in [-0.39, 0.29) is 31.1 Å². The Morgan fingerprint density at radius 2 is 0.826 bits per heavy atom. The second kappa shape index (κ2) is 33.3. The Morgan fingerprint density at radius 1 is 0.457 bits per heavy atom. The Morgan fingerprint density at radius 3 is 1.24 bits per heavy atom. The average molecular weight is 653 g/mol. The van der Waals surface area contributed by atoms with Crippen LogP contribution in [-0.2, 0) is 28.6 Å². The molecule has 0 radical (unpaired) electrons. The van der Waals surface area contributed by atoms with E-state index in [2.05, 4.69) is 34.6 Å². The molecule has 272 valence electrons. The number of esters is 3. The van der Waals surface area contributed by atoms with Gasteiger partial charge in [-0.1, -0.05) is 169 Å². The molecule has 0 amide bonds. The minimum absolute atomic E-state index is 0.0679. The SMILES string of the molecule is CCCCCCCC(=O)OC[C@H](COC(=O)CCCCCCCCCCCCC(C)CC)OC(=O)CCCCCCCCC(C)C.